The summed E-state index contributed by atoms with van der Waals surface area (Å²) in [7, 11) is 0. The van der Waals surface area contributed by atoms with Gasteiger partial charge in [0, 0.05) is 23.2 Å². The number of nitrogens with one attached hydrogen (secondary N) is 1. The highest BCUT2D eigenvalue weighted by atomic mass is 35.5. The molecule has 0 spiro atoms. The van der Waals surface area contributed by atoms with Crippen LogP contribution < -0.4 is 5.32 Å². The third kappa shape index (κ3) is 2.70. The maximum absolute atomic E-state index is 11.9. The zero-order chi connectivity index (χ0) is 15.7. The zero-order valence-electron chi connectivity index (χ0n) is 12.4. The van der Waals surface area contributed by atoms with Gasteiger partial charge >= 0.3 is 0 Å². The van der Waals surface area contributed by atoms with Crippen LogP contribution in [0.5, 0.6) is 0 Å². The lowest BCUT2D eigenvalue weighted by atomic mass is 10.1. The zero-order valence-corrected chi connectivity index (χ0v) is 13.2. The van der Waals surface area contributed by atoms with Crippen molar-refractivity contribution in [1.29, 1.82) is 0 Å². The number of hydrogen-bond acceptors (Lipinski definition) is 2. The fraction of sp³-hybridized carbons (Fsp3) is 0.176. The van der Waals surface area contributed by atoms with Crippen molar-refractivity contribution in [2.45, 2.75) is 20.3 Å². The fourth-order valence-corrected chi connectivity index (χ4v) is 2.51. The molecule has 3 aromatic rings. The molecule has 1 N–H and O–H groups in total. The average molecular weight is 314 g/mol. The predicted molar refractivity (Wildman–Crippen MR) is 89.3 cm³/mol. The molecule has 2 heterocycles. The van der Waals surface area contributed by atoms with E-state index in [0.29, 0.717) is 17.3 Å². The van der Waals surface area contributed by atoms with Crippen molar-refractivity contribution in [2.24, 2.45) is 0 Å². The number of pyridine rings is 1. The molecule has 4 nitrogen and oxygen atoms in total. The van der Waals surface area contributed by atoms with Crippen LogP contribution in [0.3, 0.4) is 0 Å². The standard InChI is InChI=1S/C17H16ClN3O/c1-3-15(22)20-17-16(12-5-4-6-13(18)10-12)19-14-9-11(2)7-8-21(14)17/h4-10H,3H2,1-2H3,(H,20,22). The topological polar surface area (TPSA) is 46.4 Å². The minimum Gasteiger partial charge on any atom is -0.310 e. The van der Waals surface area contributed by atoms with Crippen molar-refractivity contribution >= 4 is 29.0 Å². The van der Waals surface area contributed by atoms with Crippen molar-refractivity contribution < 1.29 is 4.79 Å². The van der Waals surface area contributed by atoms with Gasteiger partial charge < -0.3 is 5.32 Å². The highest BCUT2D eigenvalue weighted by Gasteiger charge is 2.16. The number of rotatable bonds is 3. The molecule has 0 aliphatic rings. The van der Waals surface area contributed by atoms with Crippen molar-refractivity contribution in [3.63, 3.8) is 0 Å². The summed E-state index contributed by atoms with van der Waals surface area (Å²) in [5, 5.41) is 3.58. The first-order valence-electron chi connectivity index (χ1n) is 7.13. The van der Waals surface area contributed by atoms with Gasteiger partial charge in [0.25, 0.3) is 0 Å². The summed E-state index contributed by atoms with van der Waals surface area (Å²) in [5.41, 5.74) is 3.50. The van der Waals surface area contributed by atoms with Crippen LogP contribution in [0.25, 0.3) is 16.9 Å². The van der Waals surface area contributed by atoms with E-state index >= 15 is 0 Å². The summed E-state index contributed by atoms with van der Waals surface area (Å²) in [6.45, 7) is 3.83. The van der Waals surface area contributed by atoms with Crippen molar-refractivity contribution in [1.82, 2.24) is 9.38 Å². The van der Waals surface area contributed by atoms with Crippen LogP contribution in [0, 0.1) is 6.92 Å². The lowest BCUT2D eigenvalue weighted by Crippen LogP contribution is -2.12. The quantitative estimate of drug-likeness (QED) is 0.783. The molecule has 112 valence electrons. The Kier molecular flexibility index (Phi) is 3.86. The molecule has 0 bridgehead atoms. The van der Waals surface area contributed by atoms with Gasteiger partial charge in [0.15, 0.2) is 0 Å². The Balaban J connectivity index is 2.23. The van der Waals surface area contributed by atoms with E-state index in [1.807, 2.05) is 60.8 Å². The number of amides is 1. The second-order valence-electron chi connectivity index (χ2n) is 5.15. The Labute approximate surface area is 133 Å². The van der Waals surface area contributed by atoms with Gasteiger partial charge in [-0.25, -0.2) is 4.98 Å². The Morgan fingerprint density at radius 1 is 1.32 bits per heavy atom. The van der Waals surface area contributed by atoms with Gasteiger partial charge in [-0.2, -0.15) is 0 Å². The van der Waals surface area contributed by atoms with E-state index in [1.165, 1.54) is 0 Å². The van der Waals surface area contributed by atoms with Gasteiger partial charge in [-0.05, 0) is 36.8 Å². The van der Waals surface area contributed by atoms with Gasteiger partial charge in [-0.3, -0.25) is 9.20 Å². The SMILES string of the molecule is CCC(=O)Nc1c(-c2cccc(Cl)c2)nc2cc(C)ccn12. The summed E-state index contributed by atoms with van der Waals surface area (Å²) in [6, 6.07) is 11.4. The molecular weight excluding hydrogens is 298 g/mol. The first-order valence-corrected chi connectivity index (χ1v) is 7.51. The van der Waals surface area contributed by atoms with E-state index in [4.69, 9.17) is 11.6 Å². The van der Waals surface area contributed by atoms with Gasteiger partial charge in [0.1, 0.15) is 17.2 Å². The highest BCUT2D eigenvalue weighted by Crippen LogP contribution is 2.30. The Morgan fingerprint density at radius 2 is 2.14 bits per heavy atom. The number of carbonyl (C=O) groups is 1. The van der Waals surface area contributed by atoms with Gasteiger partial charge in [-0.1, -0.05) is 30.7 Å². The lowest BCUT2D eigenvalue weighted by Gasteiger charge is -2.07. The minimum absolute atomic E-state index is 0.0503. The minimum atomic E-state index is -0.0503. The third-order valence-electron chi connectivity index (χ3n) is 3.46. The molecular formula is C17H16ClN3O. The molecule has 0 saturated carbocycles. The van der Waals surface area contributed by atoms with Crippen molar-refractivity contribution in [3.8, 4) is 11.3 Å². The maximum Gasteiger partial charge on any atom is 0.225 e. The Bertz CT molecular complexity index is 854. The van der Waals surface area contributed by atoms with Crippen LogP contribution in [0.15, 0.2) is 42.6 Å². The Morgan fingerprint density at radius 3 is 2.86 bits per heavy atom. The Hall–Kier alpha value is -2.33. The van der Waals surface area contributed by atoms with Crippen LogP contribution in [0.2, 0.25) is 5.02 Å². The summed E-state index contributed by atoms with van der Waals surface area (Å²) < 4.78 is 1.89. The van der Waals surface area contributed by atoms with E-state index in [0.717, 1.165) is 22.5 Å². The molecule has 0 radical (unpaired) electrons. The largest absolute Gasteiger partial charge is 0.310 e. The summed E-state index contributed by atoms with van der Waals surface area (Å²) in [5.74, 6) is 0.620. The molecule has 22 heavy (non-hydrogen) atoms. The highest BCUT2D eigenvalue weighted by molar-refractivity contribution is 6.30. The fourth-order valence-electron chi connectivity index (χ4n) is 2.32. The molecule has 1 amide bonds. The number of carbonyl (C=O) groups excluding carboxylic acids is 1. The van der Waals surface area contributed by atoms with E-state index in [-0.39, 0.29) is 5.91 Å². The van der Waals surface area contributed by atoms with E-state index in [1.54, 1.807) is 0 Å². The van der Waals surface area contributed by atoms with Gasteiger partial charge in [0.2, 0.25) is 5.91 Å². The number of halogens is 1. The summed E-state index contributed by atoms with van der Waals surface area (Å²) >= 11 is 6.08. The first kappa shape index (κ1) is 14.6. The molecule has 0 fully saturated rings. The number of nitrogens with zero attached hydrogens (tertiary/aromatic N) is 2. The number of hydrogen-bond donors (Lipinski definition) is 1. The van der Waals surface area contributed by atoms with Crippen LogP contribution in [0.4, 0.5) is 5.82 Å². The van der Waals surface area contributed by atoms with E-state index in [9.17, 15) is 4.79 Å². The molecule has 5 heteroatoms. The van der Waals surface area contributed by atoms with Crippen LogP contribution in [0.1, 0.15) is 18.9 Å². The molecule has 2 aromatic heterocycles. The molecule has 0 unspecified atom stereocenters. The van der Waals surface area contributed by atoms with E-state index in [2.05, 4.69) is 10.3 Å². The molecule has 0 aliphatic carbocycles. The van der Waals surface area contributed by atoms with Crippen LogP contribution in [-0.4, -0.2) is 15.3 Å². The summed E-state index contributed by atoms with van der Waals surface area (Å²) in [4.78, 5) is 16.5. The third-order valence-corrected chi connectivity index (χ3v) is 3.69. The molecule has 3 rings (SSSR count). The summed E-state index contributed by atoms with van der Waals surface area (Å²) in [6.07, 6.45) is 2.32. The predicted octanol–water partition coefficient (Wildman–Crippen LogP) is 4.31. The number of anilines is 1. The lowest BCUT2D eigenvalue weighted by molar-refractivity contribution is -0.115. The van der Waals surface area contributed by atoms with Crippen molar-refractivity contribution in [3.05, 3.63) is 53.2 Å². The molecule has 0 atom stereocenters. The average Bonchev–Trinajstić information content (AvgIpc) is 2.85. The molecule has 1 aromatic carbocycles. The van der Waals surface area contributed by atoms with Gasteiger partial charge in [-0.15, -0.1) is 0 Å². The van der Waals surface area contributed by atoms with Crippen molar-refractivity contribution in [2.75, 3.05) is 5.32 Å². The first-order chi connectivity index (χ1) is 10.6. The molecule has 0 aliphatic heterocycles. The van der Waals surface area contributed by atoms with E-state index < -0.39 is 0 Å². The normalized spacial score (nSPS) is 10.9. The number of aromatic nitrogens is 2. The molecule has 0 saturated heterocycles. The second-order valence-corrected chi connectivity index (χ2v) is 5.59. The number of imidazole rings is 1. The van der Waals surface area contributed by atoms with Crippen LogP contribution >= 0.6 is 11.6 Å². The second kappa shape index (κ2) is 5.81. The smallest absolute Gasteiger partial charge is 0.225 e. The number of fused-ring (bicyclic) bond motifs is 1. The maximum atomic E-state index is 11.9. The number of aryl methyl sites for hydroxylation is 1. The number of benzene rings is 1. The monoisotopic (exact) mass is 313 g/mol. The van der Waals surface area contributed by atoms with Gasteiger partial charge in [0.05, 0.1) is 0 Å². The van der Waals surface area contributed by atoms with Crippen LogP contribution in [-0.2, 0) is 4.79 Å².